The van der Waals surface area contributed by atoms with Crippen LogP contribution in [-0.2, 0) is 9.63 Å². The zero-order valence-corrected chi connectivity index (χ0v) is 18.1. The highest BCUT2D eigenvalue weighted by Crippen LogP contribution is 2.66. The number of oxime groups is 1. The maximum Gasteiger partial charge on any atom is 0.139 e. The van der Waals surface area contributed by atoms with Crippen molar-refractivity contribution in [3.63, 3.8) is 0 Å². The zero-order chi connectivity index (χ0) is 19.9. The number of carbonyl (C=O) groups is 1. The van der Waals surface area contributed by atoms with E-state index < -0.39 is 0 Å². The molecule has 4 saturated carbocycles. The second-order valence-electron chi connectivity index (χ2n) is 10.4. The fourth-order valence-corrected chi connectivity index (χ4v) is 7.35. The average molecular weight is 387 g/mol. The Morgan fingerprint density at radius 3 is 2.79 bits per heavy atom. The quantitative estimate of drug-likeness (QED) is 0.421. The molecule has 0 radical (unpaired) electrons. The van der Waals surface area contributed by atoms with Crippen molar-refractivity contribution in [1.29, 1.82) is 0 Å². The number of carbonyl (C=O) groups excluding carboxylic acids is 1. The van der Waals surface area contributed by atoms with E-state index >= 15 is 0 Å². The van der Waals surface area contributed by atoms with Crippen molar-refractivity contribution in [2.24, 2.45) is 39.7 Å². The van der Waals surface area contributed by atoms with Crippen molar-refractivity contribution >= 4 is 11.5 Å². The van der Waals surface area contributed by atoms with Crippen molar-refractivity contribution in [1.82, 2.24) is 5.32 Å². The fraction of sp³-hybridized carbons (Fsp3) is 0.833. The van der Waals surface area contributed by atoms with E-state index in [1.54, 1.807) is 0 Å². The van der Waals surface area contributed by atoms with Gasteiger partial charge >= 0.3 is 0 Å². The number of ketones is 1. The number of hydrogen-bond acceptors (Lipinski definition) is 4. The molecule has 28 heavy (non-hydrogen) atoms. The van der Waals surface area contributed by atoms with Gasteiger partial charge in [-0.2, -0.15) is 0 Å². The predicted octanol–water partition coefficient (Wildman–Crippen LogP) is 4.75. The van der Waals surface area contributed by atoms with E-state index in [1.807, 2.05) is 7.05 Å². The molecule has 0 bridgehead atoms. The van der Waals surface area contributed by atoms with Crippen LogP contribution in [0.4, 0.5) is 0 Å². The van der Waals surface area contributed by atoms with Gasteiger partial charge in [-0.1, -0.05) is 31.2 Å². The van der Waals surface area contributed by atoms with Gasteiger partial charge in [0.05, 0.1) is 5.71 Å². The highest BCUT2D eigenvalue weighted by Gasteiger charge is 2.60. The Morgan fingerprint density at radius 1 is 1.18 bits per heavy atom. The minimum Gasteiger partial charge on any atom is -0.396 e. The van der Waals surface area contributed by atoms with Gasteiger partial charge in [-0.15, -0.1) is 0 Å². The van der Waals surface area contributed by atoms with Crippen molar-refractivity contribution in [3.05, 3.63) is 12.2 Å². The van der Waals surface area contributed by atoms with Crippen LogP contribution in [-0.4, -0.2) is 31.7 Å². The lowest BCUT2D eigenvalue weighted by Crippen LogP contribution is -2.54. The maximum absolute atomic E-state index is 12.6. The Kier molecular flexibility index (Phi) is 5.45. The molecule has 0 spiro atoms. The summed E-state index contributed by atoms with van der Waals surface area (Å²) in [5, 5.41) is 7.63. The van der Waals surface area contributed by atoms with Gasteiger partial charge in [0.25, 0.3) is 0 Å². The molecular weight excluding hydrogens is 348 g/mol. The van der Waals surface area contributed by atoms with Gasteiger partial charge in [-0.3, -0.25) is 4.79 Å². The molecule has 0 aromatic carbocycles. The Bertz CT molecular complexity index is 672. The lowest BCUT2D eigenvalue weighted by molar-refractivity contribution is -0.134. The molecule has 4 rings (SSSR count). The normalized spacial score (nSPS) is 44.2. The van der Waals surface area contributed by atoms with Crippen LogP contribution in [0.15, 0.2) is 17.3 Å². The number of fused-ring (bicyclic) bond motifs is 5. The summed E-state index contributed by atoms with van der Waals surface area (Å²) in [5.74, 6) is 3.05. The van der Waals surface area contributed by atoms with Crippen LogP contribution in [0.25, 0.3) is 0 Å². The topological polar surface area (TPSA) is 50.7 Å². The van der Waals surface area contributed by atoms with E-state index in [4.69, 9.17) is 4.84 Å². The molecule has 6 atom stereocenters. The summed E-state index contributed by atoms with van der Waals surface area (Å²) in [6, 6.07) is 0. The van der Waals surface area contributed by atoms with E-state index in [2.05, 4.69) is 30.9 Å². The third kappa shape index (κ3) is 3.16. The van der Waals surface area contributed by atoms with E-state index in [0.29, 0.717) is 35.6 Å². The van der Waals surface area contributed by atoms with Crippen LogP contribution in [0, 0.1) is 34.5 Å². The fourth-order valence-electron chi connectivity index (χ4n) is 7.35. The molecule has 4 heteroatoms. The lowest BCUT2D eigenvalue weighted by atomic mass is 9.44. The smallest absolute Gasteiger partial charge is 0.139 e. The second kappa shape index (κ2) is 7.59. The number of rotatable bonds is 5. The van der Waals surface area contributed by atoms with Gasteiger partial charge in [0, 0.05) is 11.8 Å². The number of Topliss-reactive ketones (excluding diaryl/α,β-unsaturated/α-hetero) is 1. The Labute approximate surface area is 170 Å². The van der Waals surface area contributed by atoms with Crippen LogP contribution in [0.3, 0.4) is 0 Å². The van der Waals surface area contributed by atoms with Crippen molar-refractivity contribution < 1.29 is 9.63 Å². The van der Waals surface area contributed by atoms with Gasteiger partial charge in [0.2, 0.25) is 0 Å². The predicted molar refractivity (Wildman–Crippen MR) is 113 cm³/mol. The van der Waals surface area contributed by atoms with Gasteiger partial charge < -0.3 is 10.2 Å². The molecule has 4 fully saturated rings. The minimum atomic E-state index is -0.0485. The zero-order valence-electron chi connectivity index (χ0n) is 18.1. The molecule has 1 N–H and O–H groups in total. The standard InChI is InChI=1S/C24H38N2O2/c1-16-14-18-19-6-7-22(27)24(19,3)11-9-20(18)23(2)10-8-17(15-21(16)23)26-28-13-5-12-25-4/h18-21,25H,1,5-15H2,2-4H3/t18-,19-,20-,21?,23+,24-/m0/s1. The Hall–Kier alpha value is -1.16. The highest BCUT2D eigenvalue weighted by atomic mass is 16.6. The Balaban J connectivity index is 1.48. The largest absolute Gasteiger partial charge is 0.396 e. The van der Waals surface area contributed by atoms with Gasteiger partial charge in [-0.25, -0.2) is 0 Å². The summed E-state index contributed by atoms with van der Waals surface area (Å²) in [6.45, 7) is 11.0. The molecule has 0 aliphatic heterocycles. The second-order valence-corrected chi connectivity index (χ2v) is 10.4. The maximum atomic E-state index is 12.6. The molecule has 0 heterocycles. The summed E-state index contributed by atoms with van der Waals surface area (Å²) >= 11 is 0. The first-order valence-electron chi connectivity index (χ1n) is 11.4. The molecular formula is C24H38N2O2. The molecule has 0 aromatic rings. The van der Waals surface area contributed by atoms with Crippen molar-refractivity contribution in [2.45, 2.75) is 71.6 Å². The molecule has 4 aliphatic carbocycles. The van der Waals surface area contributed by atoms with Crippen LogP contribution in [0.5, 0.6) is 0 Å². The molecule has 4 aliphatic rings. The summed E-state index contributed by atoms with van der Waals surface area (Å²) in [7, 11) is 1.96. The van der Waals surface area contributed by atoms with Crippen LogP contribution < -0.4 is 5.32 Å². The summed E-state index contributed by atoms with van der Waals surface area (Å²) in [6.07, 6.45) is 9.60. The molecule has 1 unspecified atom stereocenters. The highest BCUT2D eigenvalue weighted by molar-refractivity contribution is 5.87. The minimum absolute atomic E-state index is 0.0485. The number of hydrogen-bond donors (Lipinski definition) is 1. The first kappa shape index (κ1) is 20.1. The van der Waals surface area contributed by atoms with Gasteiger partial charge in [-0.05, 0) is 94.0 Å². The van der Waals surface area contributed by atoms with Crippen molar-refractivity contribution in [3.8, 4) is 0 Å². The van der Waals surface area contributed by atoms with Crippen LogP contribution in [0.2, 0.25) is 0 Å². The van der Waals surface area contributed by atoms with Crippen LogP contribution >= 0.6 is 0 Å². The molecule has 0 aromatic heterocycles. The van der Waals surface area contributed by atoms with E-state index in [-0.39, 0.29) is 5.41 Å². The molecule has 4 nitrogen and oxygen atoms in total. The molecule has 156 valence electrons. The molecule has 0 saturated heterocycles. The summed E-state index contributed by atoms with van der Waals surface area (Å²) in [4.78, 5) is 18.2. The number of nitrogens with one attached hydrogen (secondary N) is 1. The lowest BCUT2D eigenvalue weighted by Gasteiger charge is -2.60. The van der Waals surface area contributed by atoms with Gasteiger partial charge in [0.1, 0.15) is 12.4 Å². The average Bonchev–Trinajstić information content (AvgIpc) is 2.98. The first-order chi connectivity index (χ1) is 13.4. The third-order valence-corrected chi connectivity index (χ3v) is 9.03. The van der Waals surface area contributed by atoms with Crippen molar-refractivity contribution in [2.75, 3.05) is 20.2 Å². The molecule has 0 amide bonds. The third-order valence-electron chi connectivity index (χ3n) is 9.03. The number of allylic oxidation sites excluding steroid dienone is 1. The summed E-state index contributed by atoms with van der Waals surface area (Å²) in [5.41, 5.74) is 2.91. The monoisotopic (exact) mass is 386 g/mol. The SMILES string of the molecule is C=C1C[C@@H]2[C@H](CC[C@]3(C)C(=O)CC[C@@H]23)[C@@]2(C)CCC(=NOCCCNC)CC12. The first-order valence-corrected chi connectivity index (χ1v) is 11.4. The van der Waals surface area contributed by atoms with E-state index in [0.717, 1.165) is 57.4 Å². The Morgan fingerprint density at radius 2 is 2.00 bits per heavy atom. The van der Waals surface area contributed by atoms with Crippen LogP contribution in [0.1, 0.15) is 71.6 Å². The number of nitrogens with zero attached hydrogens (tertiary/aromatic N) is 1. The van der Waals surface area contributed by atoms with Gasteiger partial charge in [0.15, 0.2) is 0 Å². The van der Waals surface area contributed by atoms with E-state index in [1.165, 1.54) is 24.1 Å². The van der Waals surface area contributed by atoms with E-state index in [9.17, 15) is 4.79 Å². The summed E-state index contributed by atoms with van der Waals surface area (Å²) < 4.78 is 0.